The summed E-state index contributed by atoms with van der Waals surface area (Å²) >= 11 is 11.7. The van der Waals surface area contributed by atoms with Crippen LogP contribution in [0.2, 0.25) is 10.0 Å². The predicted octanol–water partition coefficient (Wildman–Crippen LogP) is 3.12. The van der Waals surface area contributed by atoms with Gasteiger partial charge in [-0.1, -0.05) is 35.3 Å². The number of benzene rings is 2. The normalized spacial score (nSPS) is 10.6. The number of phenolic OH excluding ortho intramolecular Hbond substituents is 2. The number of H-pyrrole nitrogens is 1. The van der Waals surface area contributed by atoms with Crippen LogP contribution in [0.15, 0.2) is 36.4 Å². The van der Waals surface area contributed by atoms with Crippen LogP contribution in [0.1, 0.15) is 16.2 Å². The molecule has 3 rings (SSSR count). The van der Waals surface area contributed by atoms with Gasteiger partial charge in [-0.25, -0.2) is 4.98 Å². The Morgan fingerprint density at radius 2 is 1.76 bits per heavy atom. The highest BCUT2D eigenvalue weighted by molar-refractivity contribution is 6.37. The summed E-state index contributed by atoms with van der Waals surface area (Å²) in [5.41, 5.74) is 1.28. The third-order valence-corrected chi connectivity index (χ3v) is 3.94. The number of hydrogen-bond acceptors (Lipinski definition) is 5. The van der Waals surface area contributed by atoms with Crippen molar-refractivity contribution in [2.75, 3.05) is 0 Å². The van der Waals surface area contributed by atoms with Gasteiger partial charge in [-0.2, -0.15) is 5.10 Å². The molecule has 128 valence electrons. The van der Waals surface area contributed by atoms with Crippen molar-refractivity contribution in [3.8, 4) is 22.9 Å². The molecule has 0 radical (unpaired) electrons. The summed E-state index contributed by atoms with van der Waals surface area (Å²) in [5, 5.41) is 28.1. The molecule has 0 spiro atoms. The Kier molecular flexibility index (Phi) is 4.78. The quantitative estimate of drug-likeness (QED) is 0.557. The summed E-state index contributed by atoms with van der Waals surface area (Å²) in [4.78, 5) is 16.2. The topological polar surface area (TPSA) is 111 Å². The molecule has 0 bridgehead atoms. The molecule has 9 heteroatoms. The van der Waals surface area contributed by atoms with E-state index in [4.69, 9.17) is 23.2 Å². The lowest BCUT2D eigenvalue weighted by molar-refractivity contribution is 0.0941. The maximum absolute atomic E-state index is 12.1. The summed E-state index contributed by atoms with van der Waals surface area (Å²) in [6.07, 6.45) is 0. The van der Waals surface area contributed by atoms with Gasteiger partial charge >= 0.3 is 0 Å². The minimum Gasteiger partial charge on any atom is -0.508 e. The smallest absolute Gasteiger partial charge is 0.288 e. The van der Waals surface area contributed by atoms with Gasteiger partial charge in [0.15, 0.2) is 11.6 Å². The van der Waals surface area contributed by atoms with E-state index in [0.29, 0.717) is 5.56 Å². The van der Waals surface area contributed by atoms with E-state index in [1.807, 2.05) is 0 Å². The second-order valence-electron chi connectivity index (χ2n) is 5.15. The highest BCUT2D eigenvalue weighted by Crippen LogP contribution is 2.35. The number of phenols is 2. The number of nitrogens with zero attached hydrogens (tertiary/aromatic N) is 2. The molecule has 0 fully saturated rings. The molecular formula is C16H12Cl2N4O3. The minimum absolute atomic E-state index is 0.0223. The summed E-state index contributed by atoms with van der Waals surface area (Å²) in [6.45, 7) is 0.270. The molecule has 1 aromatic heterocycles. The lowest BCUT2D eigenvalue weighted by atomic mass is 10.2. The van der Waals surface area contributed by atoms with Crippen molar-refractivity contribution in [1.82, 2.24) is 20.5 Å². The molecule has 7 nitrogen and oxygen atoms in total. The number of aromatic hydroxyl groups is 2. The van der Waals surface area contributed by atoms with Gasteiger partial charge in [0, 0.05) is 12.1 Å². The first-order valence-electron chi connectivity index (χ1n) is 7.11. The van der Waals surface area contributed by atoms with Crippen molar-refractivity contribution < 1.29 is 15.0 Å². The maximum atomic E-state index is 12.1. The molecule has 0 saturated heterocycles. The molecule has 0 aliphatic heterocycles. The maximum Gasteiger partial charge on any atom is 0.288 e. The van der Waals surface area contributed by atoms with E-state index < -0.39 is 5.91 Å². The molecule has 0 saturated carbocycles. The number of hydrogen-bond donors (Lipinski definition) is 4. The Balaban J connectivity index is 1.72. The van der Waals surface area contributed by atoms with E-state index in [9.17, 15) is 15.0 Å². The Labute approximate surface area is 152 Å². The van der Waals surface area contributed by atoms with E-state index in [1.54, 1.807) is 12.1 Å². The number of aromatic amines is 1. The molecule has 1 amide bonds. The number of aromatic nitrogens is 3. The number of carbonyl (C=O) groups excluding carboxylic acids is 1. The van der Waals surface area contributed by atoms with E-state index >= 15 is 0 Å². The Bertz CT molecular complexity index is 902. The third-order valence-electron chi connectivity index (χ3n) is 3.36. The molecule has 0 unspecified atom stereocenters. The van der Waals surface area contributed by atoms with Crippen LogP contribution in [-0.2, 0) is 6.54 Å². The predicted molar refractivity (Wildman–Crippen MR) is 92.8 cm³/mol. The van der Waals surface area contributed by atoms with Gasteiger partial charge in [-0.3, -0.25) is 9.89 Å². The van der Waals surface area contributed by atoms with E-state index in [2.05, 4.69) is 20.5 Å². The largest absolute Gasteiger partial charge is 0.508 e. The molecule has 4 N–H and O–H groups in total. The standard InChI is InChI=1S/C16H12Cl2N4O3/c17-11-5-9(6-12(18)13(11)24)14-20-15(22-21-14)16(25)19-7-8-1-3-10(23)4-2-8/h1-6,23-24H,7H2,(H,19,25)(H,20,21,22). The molecule has 2 aromatic carbocycles. The fraction of sp³-hybridized carbons (Fsp3) is 0.0625. The van der Waals surface area contributed by atoms with Crippen LogP contribution in [0.25, 0.3) is 11.4 Å². The molecular weight excluding hydrogens is 367 g/mol. The fourth-order valence-corrected chi connectivity index (χ4v) is 2.55. The monoisotopic (exact) mass is 378 g/mol. The highest BCUT2D eigenvalue weighted by Gasteiger charge is 2.15. The van der Waals surface area contributed by atoms with Crippen LogP contribution in [0.3, 0.4) is 0 Å². The number of rotatable bonds is 4. The SMILES string of the molecule is O=C(NCc1ccc(O)cc1)c1nc(-c2cc(Cl)c(O)c(Cl)c2)n[nH]1. The Hall–Kier alpha value is -2.77. The van der Waals surface area contributed by atoms with Crippen molar-refractivity contribution in [2.45, 2.75) is 6.54 Å². The number of carbonyl (C=O) groups is 1. The average Bonchev–Trinajstić information content (AvgIpc) is 3.08. The van der Waals surface area contributed by atoms with Gasteiger partial charge in [-0.05, 0) is 29.8 Å². The lowest BCUT2D eigenvalue weighted by Gasteiger charge is -2.03. The van der Waals surface area contributed by atoms with Gasteiger partial charge in [0.25, 0.3) is 5.91 Å². The highest BCUT2D eigenvalue weighted by atomic mass is 35.5. The summed E-state index contributed by atoms with van der Waals surface area (Å²) in [6, 6.07) is 9.36. The zero-order valence-corrected chi connectivity index (χ0v) is 14.1. The molecule has 0 aliphatic rings. The number of halogens is 2. The number of nitrogens with one attached hydrogen (secondary N) is 2. The first-order valence-corrected chi connectivity index (χ1v) is 7.86. The van der Waals surface area contributed by atoms with Crippen molar-refractivity contribution in [3.63, 3.8) is 0 Å². The van der Waals surface area contributed by atoms with Gasteiger partial charge in [0.2, 0.25) is 5.82 Å². The van der Waals surface area contributed by atoms with Crippen LogP contribution in [0.4, 0.5) is 0 Å². The van der Waals surface area contributed by atoms with Crippen molar-refractivity contribution in [2.24, 2.45) is 0 Å². The molecule has 0 atom stereocenters. The van der Waals surface area contributed by atoms with Crippen molar-refractivity contribution >= 4 is 29.1 Å². The van der Waals surface area contributed by atoms with Crippen molar-refractivity contribution in [3.05, 3.63) is 57.8 Å². The van der Waals surface area contributed by atoms with Gasteiger partial charge in [0.05, 0.1) is 10.0 Å². The zero-order valence-electron chi connectivity index (χ0n) is 12.6. The average molecular weight is 379 g/mol. The third kappa shape index (κ3) is 3.84. The van der Waals surface area contributed by atoms with Gasteiger partial charge in [0.1, 0.15) is 5.75 Å². The molecule has 3 aromatic rings. The lowest BCUT2D eigenvalue weighted by Crippen LogP contribution is -2.23. The van der Waals surface area contributed by atoms with Crippen LogP contribution < -0.4 is 5.32 Å². The molecule has 25 heavy (non-hydrogen) atoms. The second-order valence-corrected chi connectivity index (χ2v) is 5.96. The molecule has 1 heterocycles. The van der Waals surface area contributed by atoms with E-state index in [1.165, 1.54) is 24.3 Å². The van der Waals surface area contributed by atoms with E-state index in [0.717, 1.165) is 5.56 Å². The van der Waals surface area contributed by atoms with Gasteiger partial charge in [-0.15, -0.1) is 0 Å². The summed E-state index contributed by atoms with van der Waals surface area (Å²) < 4.78 is 0. The van der Waals surface area contributed by atoms with Crippen LogP contribution in [0, 0.1) is 0 Å². The minimum atomic E-state index is -0.442. The number of amides is 1. The Morgan fingerprint density at radius 3 is 2.40 bits per heavy atom. The van der Waals surface area contributed by atoms with E-state index in [-0.39, 0.29) is 39.7 Å². The van der Waals surface area contributed by atoms with Crippen molar-refractivity contribution in [1.29, 1.82) is 0 Å². The zero-order chi connectivity index (χ0) is 18.0. The van der Waals surface area contributed by atoms with Crippen LogP contribution in [-0.4, -0.2) is 31.3 Å². The fourth-order valence-electron chi connectivity index (χ4n) is 2.07. The summed E-state index contributed by atoms with van der Waals surface area (Å²) in [7, 11) is 0. The first-order chi connectivity index (χ1) is 11.9. The van der Waals surface area contributed by atoms with Gasteiger partial charge < -0.3 is 15.5 Å². The Morgan fingerprint density at radius 1 is 1.12 bits per heavy atom. The molecule has 0 aliphatic carbocycles. The van der Waals surface area contributed by atoms with Crippen LogP contribution >= 0.6 is 23.2 Å². The van der Waals surface area contributed by atoms with Crippen LogP contribution in [0.5, 0.6) is 11.5 Å². The first kappa shape index (κ1) is 17.1. The summed E-state index contributed by atoms with van der Waals surface area (Å²) in [5.74, 6) is -0.272. The second kappa shape index (κ2) is 7.00.